The molecule has 1 N–H and O–H groups in total. The van der Waals surface area contributed by atoms with Gasteiger partial charge in [0.2, 0.25) is 5.91 Å². The van der Waals surface area contributed by atoms with Crippen molar-refractivity contribution in [1.29, 1.82) is 0 Å². The molecule has 1 atom stereocenters. The SMILES string of the molecule is COCCn1cnnc1CCNC(=O)CN1CCCC(C)C1. The minimum absolute atomic E-state index is 0.0945. The van der Waals surface area contributed by atoms with Crippen LogP contribution in [0.15, 0.2) is 6.33 Å². The van der Waals surface area contributed by atoms with Crippen LogP contribution in [0.25, 0.3) is 0 Å². The molecule has 0 spiro atoms. The van der Waals surface area contributed by atoms with E-state index in [0.29, 0.717) is 32.0 Å². The molecule has 1 aromatic heterocycles. The Balaban J connectivity index is 1.67. The minimum Gasteiger partial charge on any atom is -0.383 e. The van der Waals surface area contributed by atoms with Crippen LogP contribution < -0.4 is 5.32 Å². The summed E-state index contributed by atoms with van der Waals surface area (Å²) < 4.78 is 7.01. The second kappa shape index (κ2) is 8.85. The predicted octanol–water partition coefficient (Wildman–Crippen LogP) is 0.315. The Hall–Kier alpha value is -1.47. The molecule has 1 unspecified atom stereocenters. The predicted molar refractivity (Wildman–Crippen MR) is 83.4 cm³/mol. The van der Waals surface area contributed by atoms with Crippen molar-refractivity contribution < 1.29 is 9.53 Å². The summed E-state index contributed by atoms with van der Waals surface area (Å²) in [5.41, 5.74) is 0. The number of methoxy groups -OCH3 is 1. The molecule has 2 rings (SSSR count). The molecule has 0 radical (unpaired) electrons. The highest BCUT2D eigenvalue weighted by Crippen LogP contribution is 2.14. The number of amides is 1. The van der Waals surface area contributed by atoms with E-state index < -0.39 is 0 Å². The van der Waals surface area contributed by atoms with Crippen LogP contribution in [-0.2, 0) is 22.5 Å². The minimum atomic E-state index is 0.0945. The summed E-state index contributed by atoms with van der Waals surface area (Å²) in [4.78, 5) is 14.2. The van der Waals surface area contributed by atoms with Crippen LogP contribution in [-0.4, -0.2) is 65.5 Å². The topological polar surface area (TPSA) is 72.3 Å². The molecular formula is C15H27N5O2. The fourth-order valence-corrected chi connectivity index (χ4v) is 2.85. The molecule has 2 heterocycles. The van der Waals surface area contributed by atoms with Crippen LogP contribution in [0.5, 0.6) is 0 Å². The standard InChI is InChI=1S/C15H27N5O2/c1-13-4-3-7-19(10-13)11-15(21)16-6-5-14-18-17-12-20(14)8-9-22-2/h12-13H,3-11H2,1-2H3,(H,16,21). The van der Waals surface area contributed by atoms with Gasteiger partial charge in [0.25, 0.3) is 0 Å². The van der Waals surface area contributed by atoms with Gasteiger partial charge in [0.1, 0.15) is 12.2 Å². The molecular weight excluding hydrogens is 282 g/mol. The summed E-state index contributed by atoms with van der Waals surface area (Å²) >= 11 is 0. The molecule has 0 aliphatic carbocycles. The van der Waals surface area contributed by atoms with E-state index in [-0.39, 0.29) is 5.91 Å². The number of piperidine rings is 1. The van der Waals surface area contributed by atoms with Crippen LogP contribution >= 0.6 is 0 Å². The lowest BCUT2D eigenvalue weighted by atomic mass is 10.0. The highest BCUT2D eigenvalue weighted by Gasteiger charge is 2.18. The second-order valence-electron chi connectivity index (χ2n) is 6.02. The Bertz CT molecular complexity index is 463. The molecule has 7 nitrogen and oxygen atoms in total. The van der Waals surface area contributed by atoms with Gasteiger partial charge in [-0.25, -0.2) is 0 Å². The quantitative estimate of drug-likeness (QED) is 0.748. The fraction of sp³-hybridized carbons (Fsp3) is 0.800. The Morgan fingerprint density at radius 3 is 3.18 bits per heavy atom. The third kappa shape index (κ3) is 5.38. The smallest absolute Gasteiger partial charge is 0.234 e. The molecule has 0 aromatic carbocycles. The van der Waals surface area contributed by atoms with Crippen molar-refractivity contribution in [2.75, 3.05) is 39.9 Å². The lowest BCUT2D eigenvalue weighted by molar-refractivity contribution is -0.122. The van der Waals surface area contributed by atoms with Gasteiger partial charge in [-0.15, -0.1) is 10.2 Å². The van der Waals surface area contributed by atoms with E-state index in [1.807, 2.05) is 4.57 Å². The van der Waals surface area contributed by atoms with Crippen LogP contribution in [0, 0.1) is 5.92 Å². The summed E-state index contributed by atoms with van der Waals surface area (Å²) in [6.45, 7) is 6.76. The lowest BCUT2D eigenvalue weighted by Gasteiger charge is -2.30. The van der Waals surface area contributed by atoms with E-state index in [1.54, 1.807) is 13.4 Å². The first kappa shape index (κ1) is 16.9. The molecule has 0 bridgehead atoms. The van der Waals surface area contributed by atoms with Gasteiger partial charge in [-0.2, -0.15) is 0 Å². The fourth-order valence-electron chi connectivity index (χ4n) is 2.85. The Morgan fingerprint density at radius 1 is 1.55 bits per heavy atom. The van der Waals surface area contributed by atoms with Gasteiger partial charge in [0.05, 0.1) is 13.2 Å². The van der Waals surface area contributed by atoms with Gasteiger partial charge in [-0.05, 0) is 25.3 Å². The number of hydrogen-bond acceptors (Lipinski definition) is 5. The number of carbonyl (C=O) groups excluding carboxylic acids is 1. The largest absolute Gasteiger partial charge is 0.383 e. The number of nitrogens with one attached hydrogen (secondary N) is 1. The third-order valence-electron chi connectivity index (χ3n) is 4.01. The van der Waals surface area contributed by atoms with E-state index >= 15 is 0 Å². The summed E-state index contributed by atoms with van der Waals surface area (Å²) in [6, 6.07) is 0. The van der Waals surface area contributed by atoms with E-state index in [4.69, 9.17) is 4.74 Å². The maximum atomic E-state index is 12.0. The highest BCUT2D eigenvalue weighted by atomic mass is 16.5. The number of carbonyl (C=O) groups is 1. The molecule has 22 heavy (non-hydrogen) atoms. The summed E-state index contributed by atoms with van der Waals surface area (Å²) in [5, 5.41) is 11.0. The maximum absolute atomic E-state index is 12.0. The first-order chi connectivity index (χ1) is 10.7. The average Bonchev–Trinajstić information content (AvgIpc) is 2.92. The molecule has 0 saturated carbocycles. The van der Waals surface area contributed by atoms with Crippen molar-refractivity contribution in [3.05, 3.63) is 12.2 Å². The van der Waals surface area contributed by atoms with Gasteiger partial charge in [0, 0.05) is 33.2 Å². The van der Waals surface area contributed by atoms with Crippen LogP contribution in [0.4, 0.5) is 0 Å². The molecule has 7 heteroatoms. The van der Waals surface area contributed by atoms with E-state index in [9.17, 15) is 4.79 Å². The molecule has 1 fully saturated rings. The molecule has 1 aromatic rings. The normalized spacial score (nSPS) is 19.3. The monoisotopic (exact) mass is 309 g/mol. The third-order valence-corrected chi connectivity index (χ3v) is 4.01. The molecule has 1 saturated heterocycles. The summed E-state index contributed by atoms with van der Waals surface area (Å²) in [5.74, 6) is 1.67. The number of hydrogen-bond donors (Lipinski definition) is 1. The van der Waals surface area contributed by atoms with Crippen molar-refractivity contribution in [1.82, 2.24) is 25.0 Å². The van der Waals surface area contributed by atoms with Crippen LogP contribution in [0.2, 0.25) is 0 Å². The Labute approximate surface area is 132 Å². The van der Waals surface area contributed by atoms with Crippen LogP contribution in [0.1, 0.15) is 25.6 Å². The molecule has 124 valence electrons. The molecule has 1 aliphatic rings. The van der Waals surface area contributed by atoms with Crippen molar-refractivity contribution >= 4 is 5.91 Å². The van der Waals surface area contributed by atoms with Gasteiger partial charge in [0.15, 0.2) is 0 Å². The van der Waals surface area contributed by atoms with Crippen molar-refractivity contribution in [2.45, 2.75) is 32.7 Å². The van der Waals surface area contributed by atoms with Gasteiger partial charge >= 0.3 is 0 Å². The number of nitrogens with zero attached hydrogens (tertiary/aromatic N) is 4. The van der Waals surface area contributed by atoms with E-state index in [1.165, 1.54) is 12.8 Å². The summed E-state index contributed by atoms with van der Waals surface area (Å²) in [6.07, 6.45) is 4.85. The van der Waals surface area contributed by atoms with E-state index in [2.05, 4.69) is 27.3 Å². The Morgan fingerprint density at radius 2 is 2.41 bits per heavy atom. The number of ether oxygens (including phenoxy) is 1. The molecule has 1 aliphatic heterocycles. The Kier molecular flexibility index (Phi) is 6.79. The maximum Gasteiger partial charge on any atom is 0.234 e. The zero-order valence-electron chi connectivity index (χ0n) is 13.6. The zero-order valence-corrected chi connectivity index (χ0v) is 13.6. The van der Waals surface area contributed by atoms with Gasteiger partial charge in [-0.1, -0.05) is 6.92 Å². The first-order valence-corrected chi connectivity index (χ1v) is 8.03. The van der Waals surface area contributed by atoms with Gasteiger partial charge in [-0.3, -0.25) is 9.69 Å². The highest BCUT2D eigenvalue weighted by molar-refractivity contribution is 5.78. The van der Waals surface area contributed by atoms with Gasteiger partial charge < -0.3 is 14.6 Å². The zero-order chi connectivity index (χ0) is 15.8. The van der Waals surface area contributed by atoms with Crippen LogP contribution in [0.3, 0.4) is 0 Å². The number of aromatic nitrogens is 3. The first-order valence-electron chi connectivity index (χ1n) is 8.03. The average molecular weight is 309 g/mol. The lowest BCUT2D eigenvalue weighted by Crippen LogP contribution is -2.42. The number of likely N-dealkylation sites (tertiary alicyclic amines) is 1. The molecule has 1 amide bonds. The van der Waals surface area contributed by atoms with E-state index in [0.717, 1.165) is 25.5 Å². The van der Waals surface area contributed by atoms with Crippen molar-refractivity contribution in [2.24, 2.45) is 5.92 Å². The number of rotatable bonds is 8. The second-order valence-corrected chi connectivity index (χ2v) is 6.02. The van der Waals surface area contributed by atoms with Crippen molar-refractivity contribution in [3.8, 4) is 0 Å². The summed E-state index contributed by atoms with van der Waals surface area (Å²) in [7, 11) is 1.67. The van der Waals surface area contributed by atoms with Crippen molar-refractivity contribution in [3.63, 3.8) is 0 Å².